The summed E-state index contributed by atoms with van der Waals surface area (Å²) in [4.78, 5) is 10.6. The monoisotopic (exact) mass is 225 g/mol. The fourth-order valence-electron chi connectivity index (χ4n) is 1.77. The van der Waals surface area contributed by atoms with Crippen molar-refractivity contribution in [3.63, 3.8) is 0 Å². The van der Waals surface area contributed by atoms with E-state index in [2.05, 4.69) is 6.92 Å². The molecule has 1 aliphatic rings. The van der Waals surface area contributed by atoms with E-state index in [1.807, 2.05) is 0 Å². The minimum absolute atomic E-state index is 0.258. The van der Waals surface area contributed by atoms with Gasteiger partial charge in [-0.15, -0.1) is 0 Å². The molecule has 0 aromatic carbocycles. The Morgan fingerprint density at radius 1 is 1.31 bits per heavy atom. The molecule has 16 heavy (non-hydrogen) atoms. The summed E-state index contributed by atoms with van der Waals surface area (Å²) in [5.74, 6) is -1.43. The topological polar surface area (TPSA) is 80.6 Å². The van der Waals surface area contributed by atoms with Crippen molar-refractivity contribution in [1.29, 1.82) is 0 Å². The van der Waals surface area contributed by atoms with E-state index < -0.39 is 18.2 Å². The second kappa shape index (κ2) is 5.82. The lowest BCUT2D eigenvalue weighted by Crippen LogP contribution is -2.39. The molecule has 0 saturated heterocycles. The van der Waals surface area contributed by atoms with Gasteiger partial charge in [0.2, 0.25) is 0 Å². The molecule has 0 fully saturated rings. The van der Waals surface area contributed by atoms with Gasteiger partial charge in [0, 0.05) is 5.57 Å². The number of carbonyl (C=O) groups excluding carboxylic acids is 1. The van der Waals surface area contributed by atoms with Crippen LogP contribution in [0.3, 0.4) is 0 Å². The van der Waals surface area contributed by atoms with Crippen LogP contribution in [0.15, 0.2) is 23.3 Å². The molecule has 0 heterocycles. The number of allylic oxidation sites excluding steroid dienone is 2. The Labute approximate surface area is 94.9 Å². The van der Waals surface area contributed by atoms with Gasteiger partial charge in [0.05, 0.1) is 5.97 Å². The number of aliphatic hydroxyl groups is 2. The van der Waals surface area contributed by atoms with Crippen LogP contribution in [0.1, 0.15) is 32.6 Å². The molecule has 0 aromatic rings. The predicted molar refractivity (Wildman–Crippen MR) is 57.3 cm³/mol. The first-order valence-corrected chi connectivity index (χ1v) is 5.56. The first kappa shape index (κ1) is 12.9. The Balaban J connectivity index is 2.69. The fraction of sp³-hybridized carbons (Fsp3) is 0.583. The molecule has 0 amide bonds. The first-order valence-electron chi connectivity index (χ1n) is 5.56. The molecule has 1 rings (SSSR count). The Kier molecular flexibility index (Phi) is 4.71. The summed E-state index contributed by atoms with van der Waals surface area (Å²) in [6, 6.07) is 0. The summed E-state index contributed by atoms with van der Waals surface area (Å²) < 4.78 is 0. The zero-order valence-corrected chi connectivity index (χ0v) is 9.35. The van der Waals surface area contributed by atoms with Crippen LogP contribution in [0.4, 0.5) is 0 Å². The number of hydrogen-bond donors (Lipinski definition) is 2. The van der Waals surface area contributed by atoms with Crippen molar-refractivity contribution in [2.45, 2.75) is 44.8 Å². The molecule has 0 spiro atoms. The van der Waals surface area contributed by atoms with E-state index >= 15 is 0 Å². The molecule has 90 valence electrons. The number of rotatable bonds is 5. The van der Waals surface area contributed by atoms with Gasteiger partial charge in [-0.25, -0.2) is 0 Å². The molecule has 4 nitrogen and oxygen atoms in total. The summed E-state index contributed by atoms with van der Waals surface area (Å²) in [5.41, 5.74) is 0.428. The average Bonchev–Trinajstić information content (AvgIpc) is 2.24. The minimum Gasteiger partial charge on any atom is -0.545 e. The molecule has 1 aliphatic carbocycles. The molecule has 0 saturated carbocycles. The van der Waals surface area contributed by atoms with E-state index in [1.54, 1.807) is 6.08 Å². The fourth-order valence-corrected chi connectivity index (χ4v) is 1.77. The van der Waals surface area contributed by atoms with Crippen LogP contribution in [0.2, 0.25) is 0 Å². The zero-order valence-electron chi connectivity index (χ0n) is 9.35. The van der Waals surface area contributed by atoms with Crippen LogP contribution in [0, 0.1) is 0 Å². The molecule has 0 unspecified atom stereocenters. The van der Waals surface area contributed by atoms with Gasteiger partial charge >= 0.3 is 0 Å². The van der Waals surface area contributed by atoms with E-state index in [1.165, 1.54) is 6.08 Å². The van der Waals surface area contributed by atoms with Gasteiger partial charge in [0.1, 0.15) is 12.2 Å². The highest BCUT2D eigenvalue weighted by Gasteiger charge is 2.26. The van der Waals surface area contributed by atoms with Crippen molar-refractivity contribution in [2.24, 2.45) is 0 Å². The Hall–Kier alpha value is -1.13. The van der Waals surface area contributed by atoms with Crippen LogP contribution >= 0.6 is 0 Å². The molecule has 0 aliphatic heterocycles. The van der Waals surface area contributed by atoms with Crippen molar-refractivity contribution in [3.8, 4) is 0 Å². The molecule has 0 bridgehead atoms. The van der Waals surface area contributed by atoms with E-state index in [9.17, 15) is 20.1 Å². The Bertz CT molecular complexity index is 317. The van der Waals surface area contributed by atoms with Gasteiger partial charge in [0.25, 0.3) is 0 Å². The maximum Gasteiger partial charge on any atom is 0.110 e. The first-order chi connectivity index (χ1) is 7.57. The van der Waals surface area contributed by atoms with E-state index in [0.717, 1.165) is 19.3 Å². The lowest BCUT2D eigenvalue weighted by atomic mass is 9.89. The smallest absolute Gasteiger partial charge is 0.110 e. The second-order valence-electron chi connectivity index (χ2n) is 4.00. The minimum atomic E-state index is -1.43. The van der Waals surface area contributed by atoms with Crippen molar-refractivity contribution >= 4 is 5.97 Å². The van der Waals surface area contributed by atoms with Gasteiger partial charge in [-0.1, -0.05) is 31.9 Å². The summed E-state index contributed by atoms with van der Waals surface area (Å²) in [7, 11) is 0. The lowest BCUT2D eigenvalue weighted by molar-refractivity contribution is -0.300. The van der Waals surface area contributed by atoms with Gasteiger partial charge in [-0.3, -0.25) is 0 Å². The van der Waals surface area contributed by atoms with Crippen molar-refractivity contribution in [2.75, 3.05) is 0 Å². The van der Waals surface area contributed by atoms with Gasteiger partial charge in [-0.05, 0) is 18.4 Å². The summed E-state index contributed by atoms with van der Waals surface area (Å²) >= 11 is 0. The summed E-state index contributed by atoms with van der Waals surface area (Å²) in [6.07, 6.45) is 4.14. The van der Waals surface area contributed by atoms with Crippen LogP contribution in [0.25, 0.3) is 0 Å². The largest absolute Gasteiger partial charge is 0.545 e. The normalized spacial score (nSPS) is 24.9. The number of carboxylic acid groups (broad SMARTS) is 1. The van der Waals surface area contributed by atoms with Crippen LogP contribution < -0.4 is 5.11 Å². The number of aliphatic carboxylic acids is 1. The SMILES string of the molecule is CCCCCC1=CC=C(C(=O)[O-])[C@@H](O)[C@H]1O. The van der Waals surface area contributed by atoms with E-state index in [4.69, 9.17) is 0 Å². The Morgan fingerprint density at radius 3 is 2.56 bits per heavy atom. The summed E-state index contributed by atoms with van der Waals surface area (Å²) in [5, 5.41) is 29.9. The third-order valence-electron chi connectivity index (χ3n) is 2.78. The van der Waals surface area contributed by atoms with Gasteiger partial charge in [0.15, 0.2) is 0 Å². The molecule has 0 aromatic heterocycles. The predicted octanol–water partition coefficient (Wildman–Crippen LogP) is -0.0952. The Morgan fingerprint density at radius 2 is 2.00 bits per heavy atom. The third kappa shape index (κ3) is 2.93. The van der Waals surface area contributed by atoms with Crippen molar-refractivity contribution < 1.29 is 20.1 Å². The molecular formula is C12H17O4-. The highest BCUT2D eigenvalue weighted by atomic mass is 16.4. The number of carbonyl (C=O) groups is 1. The number of aliphatic hydroxyl groups excluding tert-OH is 2. The van der Waals surface area contributed by atoms with Crippen LogP contribution in [-0.4, -0.2) is 28.4 Å². The van der Waals surface area contributed by atoms with Crippen LogP contribution in [0.5, 0.6) is 0 Å². The zero-order chi connectivity index (χ0) is 12.1. The number of hydrogen-bond acceptors (Lipinski definition) is 4. The summed E-state index contributed by atoms with van der Waals surface area (Å²) in [6.45, 7) is 2.08. The lowest BCUT2D eigenvalue weighted by Gasteiger charge is -2.27. The highest BCUT2D eigenvalue weighted by Crippen LogP contribution is 2.23. The molecular weight excluding hydrogens is 208 g/mol. The average molecular weight is 225 g/mol. The van der Waals surface area contributed by atoms with E-state index in [0.29, 0.717) is 12.0 Å². The molecule has 2 atom stereocenters. The number of unbranched alkanes of at least 4 members (excludes halogenated alkanes) is 2. The molecule has 4 heteroatoms. The maximum atomic E-state index is 10.6. The standard InChI is InChI=1S/C12H18O4/c1-2-3-4-5-8-6-7-9(12(15)16)11(14)10(8)13/h6-7,10-11,13-14H,2-5H2,1H3,(H,15,16)/p-1/t10-,11+/m0/s1. The second-order valence-corrected chi connectivity index (χ2v) is 4.00. The molecule has 2 N–H and O–H groups in total. The molecule has 0 radical (unpaired) electrons. The van der Waals surface area contributed by atoms with Gasteiger partial charge < -0.3 is 20.1 Å². The van der Waals surface area contributed by atoms with Crippen molar-refractivity contribution in [3.05, 3.63) is 23.3 Å². The van der Waals surface area contributed by atoms with E-state index in [-0.39, 0.29) is 5.57 Å². The number of carboxylic acids is 1. The highest BCUT2D eigenvalue weighted by molar-refractivity contribution is 5.87. The van der Waals surface area contributed by atoms with Gasteiger partial charge in [-0.2, -0.15) is 0 Å². The van der Waals surface area contributed by atoms with Crippen LogP contribution in [-0.2, 0) is 4.79 Å². The third-order valence-corrected chi connectivity index (χ3v) is 2.78. The van der Waals surface area contributed by atoms with Crippen molar-refractivity contribution in [1.82, 2.24) is 0 Å². The maximum absolute atomic E-state index is 10.6. The quantitative estimate of drug-likeness (QED) is 0.640.